The minimum Gasteiger partial charge on any atom is -0.310 e. The van der Waals surface area contributed by atoms with Crippen LogP contribution in [-0.2, 0) is 0 Å². The molecule has 8 aromatic carbocycles. The summed E-state index contributed by atoms with van der Waals surface area (Å²) in [6.07, 6.45) is 0. The molecule has 10 rings (SSSR count). The lowest BCUT2D eigenvalue weighted by molar-refractivity contribution is 1.30. The number of benzene rings is 8. The number of fused-ring (bicyclic) bond motifs is 6. The molecule has 51 heavy (non-hydrogen) atoms. The average molecular weight is 686 g/mol. The van der Waals surface area contributed by atoms with Gasteiger partial charge in [0, 0.05) is 57.4 Å². The molecule has 0 radical (unpaired) electrons. The van der Waals surface area contributed by atoms with E-state index in [4.69, 9.17) is 0 Å². The Balaban J connectivity index is 1.12. The van der Waals surface area contributed by atoms with Gasteiger partial charge in [-0.25, -0.2) is 0 Å². The van der Waals surface area contributed by atoms with Crippen LogP contribution in [0.5, 0.6) is 0 Å². The zero-order valence-corrected chi connectivity index (χ0v) is 29.3. The lowest BCUT2D eigenvalue weighted by Crippen LogP contribution is -2.09. The van der Waals surface area contributed by atoms with Gasteiger partial charge >= 0.3 is 0 Å². The van der Waals surface area contributed by atoms with Crippen LogP contribution in [0.25, 0.3) is 73.7 Å². The molecule has 1 nitrogen and oxygen atoms in total. The monoisotopic (exact) mass is 685 g/mol. The van der Waals surface area contributed by atoms with Crippen molar-refractivity contribution < 1.29 is 0 Å². The van der Waals surface area contributed by atoms with E-state index in [9.17, 15) is 0 Å². The highest BCUT2D eigenvalue weighted by Gasteiger charge is 2.17. The van der Waals surface area contributed by atoms with Crippen molar-refractivity contribution in [3.8, 4) is 33.4 Å². The molecule has 0 aliphatic carbocycles. The van der Waals surface area contributed by atoms with Crippen LogP contribution < -0.4 is 4.90 Å². The molecule has 0 unspecified atom stereocenters. The summed E-state index contributed by atoms with van der Waals surface area (Å²) in [5.74, 6) is 0. The second-order valence-corrected chi connectivity index (χ2v) is 15.1. The molecule has 0 saturated heterocycles. The fraction of sp³-hybridized carbons (Fsp3) is 0. The first kappa shape index (κ1) is 29.9. The Morgan fingerprint density at radius 3 is 1.31 bits per heavy atom. The van der Waals surface area contributed by atoms with E-state index >= 15 is 0 Å². The van der Waals surface area contributed by atoms with Crippen molar-refractivity contribution in [2.24, 2.45) is 0 Å². The summed E-state index contributed by atoms with van der Waals surface area (Å²) < 4.78 is 5.24. The molecule has 0 aliphatic heterocycles. The maximum atomic E-state index is 2.41. The van der Waals surface area contributed by atoms with Crippen molar-refractivity contribution in [3.63, 3.8) is 0 Å². The summed E-state index contributed by atoms with van der Waals surface area (Å²) in [6, 6.07) is 68.7. The van der Waals surface area contributed by atoms with Crippen molar-refractivity contribution >= 4 is 80.1 Å². The van der Waals surface area contributed by atoms with Gasteiger partial charge < -0.3 is 4.90 Å². The summed E-state index contributed by atoms with van der Waals surface area (Å²) in [7, 11) is 0. The third-order valence-electron chi connectivity index (χ3n) is 9.85. The first-order valence-electron chi connectivity index (χ1n) is 17.2. The number of hydrogen-bond acceptors (Lipinski definition) is 3. The van der Waals surface area contributed by atoms with E-state index in [-0.39, 0.29) is 0 Å². The lowest BCUT2D eigenvalue weighted by Gasteiger charge is -2.26. The molecule has 10 aromatic rings. The Kier molecular flexibility index (Phi) is 7.26. The van der Waals surface area contributed by atoms with E-state index in [1.54, 1.807) is 0 Å². The molecule has 0 bridgehead atoms. The Morgan fingerprint density at radius 2 is 0.686 bits per heavy atom. The Bertz CT molecular complexity index is 2790. The van der Waals surface area contributed by atoms with E-state index in [1.807, 2.05) is 22.7 Å². The third-order valence-corrected chi connectivity index (χ3v) is 12.1. The van der Waals surface area contributed by atoms with Gasteiger partial charge in [0.2, 0.25) is 0 Å². The van der Waals surface area contributed by atoms with Crippen molar-refractivity contribution in [2.75, 3.05) is 4.90 Å². The molecule has 0 spiro atoms. The van der Waals surface area contributed by atoms with Gasteiger partial charge in [-0.2, -0.15) is 0 Å². The van der Waals surface area contributed by atoms with Gasteiger partial charge in [-0.1, -0.05) is 115 Å². The molecule has 0 fully saturated rings. The van der Waals surface area contributed by atoms with Crippen LogP contribution in [0.4, 0.5) is 17.1 Å². The number of rotatable bonds is 6. The SMILES string of the molecule is c1ccc(-c2cc(-c3ccccc3)cc(-c3ccc(N(c4ccc5c(c4)sc4ccccc45)c4ccc5sc6ccccc6c5c4)cc3)c2)cc1. The Morgan fingerprint density at radius 1 is 0.255 bits per heavy atom. The molecule has 0 aliphatic rings. The van der Waals surface area contributed by atoms with Crippen LogP contribution >= 0.6 is 22.7 Å². The normalized spacial score (nSPS) is 11.5. The maximum absolute atomic E-state index is 2.41. The summed E-state index contributed by atoms with van der Waals surface area (Å²) in [5.41, 5.74) is 10.7. The predicted octanol–water partition coefficient (Wildman–Crippen LogP) is 14.9. The molecule has 0 N–H and O–H groups in total. The maximum Gasteiger partial charge on any atom is 0.0476 e. The molecule has 0 amide bonds. The lowest BCUT2D eigenvalue weighted by atomic mass is 9.93. The molecule has 2 aromatic heterocycles. The molecular weight excluding hydrogens is 655 g/mol. The summed E-state index contributed by atoms with van der Waals surface area (Å²) in [4.78, 5) is 2.41. The van der Waals surface area contributed by atoms with Crippen LogP contribution in [-0.4, -0.2) is 0 Å². The van der Waals surface area contributed by atoms with Gasteiger partial charge in [-0.15, -0.1) is 22.7 Å². The molecule has 0 atom stereocenters. The van der Waals surface area contributed by atoms with E-state index in [0.29, 0.717) is 0 Å². The van der Waals surface area contributed by atoms with Crippen LogP contribution in [0.2, 0.25) is 0 Å². The Labute approximate surface area is 304 Å². The zero-order valence-electron chi connectivity index (χ0n) is 27.7. The number of hydrogen-bond donors (Lipinski definition) is 0. The number of anilines is 3. The third kappa shape index (κ3) is 5.39. The predicted molar refractivity (Wildman–Crippen MR) is 223 cm³/mol. The summed E-state index contributed by atoms with van der Waals surface area (Å²) >= 11 is 3.72. The van der Waals surface area contributed by atoms with Gasteiger partial charge in [-0.05, 0) is 106 Å². The number of thiophene rings is 2. The fourth-order valence-corrected chi connectivity index (χ4v) is 9.57. The standard InChI is InChI=1S/C48H31NS2/c1-3-11-32(12-4-1)35-27-36(33-13-5-2-6-14-33)29-37(28-35)34-19-21-38(22-20-34)49(39-24-26-47-44(30-39)42-16-8-10-18-46(42)50-47)40-23-25-43-41-15-7-9-17-45(41)51-48(43)31-40/h1-31H. The molecule has 2 heterocycles. The van der Waals surface area contributed by atoms with Gasteiger partial charge in [0.05, 0.1) is 0 Å². The quantitative estimate of drug-likeness (QED) is 0.168. The smallest absolute Gasteiger partial charge is 0.0476 e. The van der Waals surface area contributed by atoms with E-state index in [2.05, 4.69) is 193 Å². The summed E-state index contributed by atoms with van der Waals surface area (Å²) in [6.45, 7) is 0. The highest BCUT2D eigenvalue weighted by molar-refractivity contribution is 7.26. The minimum atomic E-state index is 1.13. The van der Waals surface area contributed by atoms with E-state index < -0.39 is 0 Å². The fourth-order valence-electron chi connectivity index (χ4n) is 7.35. The summed E-state index contributed by atoms with van der Waals surface area (Å²) in [5, 5.41) is 5.23. The van der Waals surface area contributed by atoms with Crippen LogP contribution in [0.3, 0.4) is 0 Å². The zero-order chi connectivity index (χ0) is 33.7. The van der Waals surface area contributed by atoms with Crippen LogP contribution in [0.15, 0.2) is 188 Å². The molecular formula is C48H31NS2. The van der Waals surface area contributed by atoms with E-state index in [1.165, 1.54) is 73.7 Å². The average Bonchev–Trinajstić information content (AvgIpc) is 3.76. The molecule has 0 saturated carbocycles. The van der Waals surface area contributed by atoms with Gasteiger partial charge in [0.1, 0.15) is 0 Å². The van der Waals surface area contributed by atoms with Crippen LogP contribution in [0, 0.1) is 0 Å². The minimum absolute atomic E-state index is 1.13. The van der Waals surface area contributed by atoms with Crippen molar-refractivity contribution in [3.05, 3.63) is 188 Å². The van der Waals surface area contributed by atoms with Crippen molar-refractivity contribution in [1.82, 2.24) is 0 Å². The second kappa shape index (κ2) is 12.4. The number of nitrogens with zero attached hydrogens (tertiary/aromatic N) is 1. The highest BCUT2D eigenvalue weighted by atomic mass is 32.1. The molecule has 3 heteroatoms. The Hall–Kier alpha value is -6.00. The largest absolute Gasteiger partial charge is 0.310 e. The topological polar surface area (TPSA) is 3.24 Å². The van der Waals surface area contributed by atoms with Crippen molar-refractivity contribution in [1.29, 1.82) is 0 Å². The first-order valence-corrected chi connectivity index (χ1v) is 18.9. The second-order valence-electron chi connectivity index (χ2n) is 13.0. The highest BCUT2D eigenvalue weighted by Crippen LogP contribution is 2.44. The van der Waals surface area contributed by atoms with Crippen LogP contribution in [0.1, 0.15) is 0 Å². The van der Waals surface area contributed by atoms with Gasteiger partial charge in [0.15, 0.2) is 0 Å². The van der Waals surface area contributed by atoms with Gasteiger partial charge in [0.25, 0.3) is 0 Å². The van der Waals surface area contributed by atoms with Gasteiger partial charge in [-0.3, -0.25) is 0 Å². The van der Waals surface area contributed by atoms with E-state index in [0.717, 1.165) is 17.1 Å². The first-order chi connectivity index (χ1) is 25.2. The van der Waals surface area contributed by atoms with Crippen molar-refractivity contribution in [2.45, 2.75) is 0 Å². The molecule has 240 valence electrons.